The first-order valence-electron chi connectivity index (χ1n) is 8.93. The zero-order valence-electron chi connectivity index (χ0n) is 14.1. The molecular formula is C20H24N2OS. The van der Waals surface area contributed by atoms with Crippen molar-refractivity contribution < 1.29 is 4.79 Å². The van der Waals surface area contributed by atoms with Crippen LogP contribution in [-0.4, -0.2) is 23.9 Å². The second-order valence-electron chi connectivity index (χ2n) is 6.90. The fourth-order valence-electron chi connectivity index (χ4n) is 3.75. The fourth-order valence-corrected chi connectivity index (χ4v) is 4.66. The summed E-state index contributed by atoms with van der Waals surface area (Å²) in [5.74, 6) is 0.846. The van der Waals surface area contributed by atoms with Crippen LogP contribution >= 0.6 is 11.3 Å². The average molecular weight is 340 g/mol. The normalized spacial score (nSPS) is 20.6. The van der Waals surface area contributed by atoms with E-state index in [-0.39, 0.29) is 5.91 Å². The van der Waals surface area contributed by atoms with Crippen molar-refractivity contribution in [2.24, 2.45) is 5.92 Å². The van der Waals surface area contributed by atoms with Gasteiger partial charge in [0.15, 0.2) is 0 Å². The molecular weight excluding hydrogens is 316 g/mol. The Morgan fingerprint density at radius 2 is 2.04 bits per heavy atom. The number of carbonyl (C=O) groups is 1. The van der Waals surface area contributed by atoms with Gasteiger partial charge in [0.2, 0.25) is 5.91 Å². The van der Waals surface area contributed by atoms with Crippen LogP contribution in [0.5, 0.6) is 0 Å². The third kappa shape index (κ3) is 3.26. The molecule has 1 fully saturated rings. The van der Waals surface area contributed by atoms with Crippen LogP contribution < -0.4 is 5.32 Å². The summed E-state index contributed by atoms with van der Waals surface area (Å²) >= 11 is 1.87. The molecule has 1 N–H and O–H groups in total. The number of thiophene rings is 1. The second-order valence-corrected chi connectivity index (χ2v) is 7.90. The number of nitrogens with one attached hydrogen (secondary N) is 1. The van der Waals surface area contributed by atoms with Gasteiger partial charge in [0, 0.05) is 23.2 Å². The molecule has 2 aromatic rings. The lowest BCUT2D eigenvalue weighted by atomic mass is 9.96. The summed E-state index contributed by atoms with van der Waals surface area (Å²) in [6.45, 7) is 3.63. The summed E-state index contributed by atoms with van der Waals surface area (Å²) < 4.78 is 0. The van der Waals surface area contributed by atoms with Gasteiger partial charge in [-0.2, -0.15) is 0 Å². The number of amides is 1. The summed E-state index contributed by atoms with van der Waals surface area (Å²) in [5.41, 5.74) is 3.67. The Labute approximate surface area is 147 Å². The Hall–Kier alpha value is -1.65. The van der Waals surface area contributed by atoms with Crippen LogP contribution in [0.2, 0.25) is 0 Å². The molecule has 0 bridgehead atoms. The quantitative estimate of drug-likeness (QED) is 0.882. The maximum Gasteiger partial charge on any atom is 0.238 e. The first-order chi connectivity index (χ1) is 11.7. The minimum absolute atomic E-state index is 0.101. The van der Waals surface area contributed by atoms with E-state index in [0.29, 0.717) is 12.6 Å². The van der Waals surface area contributed by atoms with E-state index in [1.54, 1.807) is 0 Å². The smallest absolute Gasteiger partial charge is 0.238 e. The highest BCUT2D eigenvalue weighted by Crippen LogP contribution is 2.48. The first kappa shape index (κ1) is 15.9. The zero-order chi connectivity index (χ0) is 16.5. The molecule has 0 unspecified atom stereocenters. The Morgan fingerprint density at radius 1 is 1.25 bits per heavy atom. The minimum Gasteiger partial charge on any atom is -0.325 e. The van der Waals surface area contributed by atoms with Gasteiger partial charge >= 0.3 is 0 Å². The van der Waals surface area contributed by atoms with Crippen molar-refractivity contribution in [1.29, 1.82) is 0 Å². The van der Waals surface area contributed by atoms with Crippen LogP contribution in [0.4, 0.5) is 5.69 Å². The molecule has 1 amide bonds. The van der Waals surface area contributed by atoms with E-state index in [1.807, 2.05) is 23.5 Å². The van der Waals surface area contributed by atoms with Crippen molar-refractivity contribution in [2.75, 3.05) is 18.4 Å². The van der Waals surface area contributed by atoms with Gasteiger partial charge in [-0.1, -0.05) is 19.1 Å². The highest BCUT2D eigenvalue weighted by molar-refractivity contribution is 7.10. The number of hydrogen-bond acceptors (Lipinski definition) is 3. The molecule has 2 heterocycles. The Balaban J connectivity index is 1.43. The van der Waals surface area contributed by atoms with Gasteiger partial charge in [-0.25, -0.2) is 0 Å². The maximum atomic E-state index is 12.5. The summed E-state index contributed by atoms with van der Waals surface area (Å²) in [6.07, 6.45) is 4.70. The summed E-state index contributed by atoms with van der Waals surface area (Å²) in [5, 5.41) is 5.27. The fraction of sp³-hybridized carbons (Fsp3) is 0.450. The summed E-state index contributed by atoms with van der Waals surface area (Å²) in [4.78, 5) is 16.4. The number of hydrogen-bond donors (Lipinski definition) is 1. The molecule has 3 nitrogen and oxygen atoms in total. The standard InChI is InChI=1S/C20H24N2OS/c1-2-14-3-7-16(8-4-14)21-19(23)13-22-11-9-18-17(10-12-24-18)20(22)15-5-6-15/h3-4,7-8,10,12,15,20H,2,5-6,9,11,13H2,1H3,(H,21,23)/t20-/m0/s1. The van der Waals surface area contributed by atoms with Crippen molar-refractivity contribution in [3.05, 3.63) is 51.7 Å². The van der Waals surface area contributed by atoms with E-state index in [4.69, 9.17) is 0 Å². The molecule has 0 spiro atoms. The molecule has 4 rings (SSSR count). The van der Waals surface area contributed by atoms with Crippen LogP contribution in [-0.2, 0) is 17.6 Å². The van der Waals surface area contributed by atoms with Gasteiger partial charge in [0.1, 0.15) is 0 Å². The topological polar surface area (TPSA) is 32.3 Å². The molecule has 1 aliphatic heterocycles. The van der Waals surface area contributed by atoms with Gasteiger partial charge in [0.05, 0.1) is 6.54 Å². The first-order valence-corrected chi connectivity index (χ1v) is 9.81. The molecule has 1 aromatic heterocycles. The van der Waals surface area contributed by atoms with Crippen molar-refractivity contribution in [3.8, 4) is 0 Å². The van der Waals surface area contributed by atoms with Crippen LogP contribution in [0.15, 0.2) is 35.7 Å². The van der Waals surface area contributed by atoms with Gasteiger partial charge in [0.25, 0.3) is 0 Å². The lowest BCUT2D eigenvalue weighted by Crippen LogP contribution is -2.41. The van der Waals surface area contributed by atoms with E-state index in [0.717, 1.165) is 31.0 Å². The van der Waals surface area contributed by atoms with Crippen molar-refractivity contribution >= 4 is 22.9 Å². The Bertz CT molecular complexity index is 717. The van der Waals surface area contributed by atoms with Gasteiger partial charge in [-0.15, -0.1) is 11.3 Å². The maximum absolute atomic E-state index is 12.5. The van der Waals surface area contributed by atoms with Crippen LogP contribution in [0.25, 0.3) is 0 Å². The number of aryl methyl sites for hydroxylation is 1. The number of nitrogens with zero attached hydrogens (tertiary/aromatic N) is 1. The molecule has 1 aliphatic carbocycles. The third-order valence-corrected chi connectivity index (χ3v) is 6.18. The molecule has 1 saturated carbocycles. The van der Waals surface area contributed by atoms with Gasteiger partial charge < -0.3 is 5.32 Å². The largest absolute Gasteiger partial charge is 0.325 e. The summed E-state index contributed by atoms with van der Waals surface area (Å²) in [7, 11) is 0. The highest BCUT2D eigenvalue weighted by Gasteiger charge is 2.40. The van der Waals surface area contributed by atoms with Crippen LogP contribution in [0.1, 0.15) is 41.8 Å². The van der Waals surface area contributed by atoms with E-state index in [9.17, 15) is 4.79 Å². The minimum atomic E-state index is 0.101. The van der Waals surface area contributed by atoms with Gasteiger partial charge in [-0.3, -0.25) is 9.69 Å². The molecule has 126 valence electrons. The molecule has 2 aliphatic rings. The molecule has 1 atom stereocenters. The van der Waals surface area contributed by atoms with Crippen molar-refractivity contribution in [2.45, 2.75) is 38.6 Å². The molecule has 4 heteroatoms. The number of benzene rings is 1. The van der Waals surface area contributed by atoms with Crippen LogP contribution in [0, 0.1) is 5.92 Å². The summed E-state index contributed by atoms with van der Waals surface area (Å²) in [6, 6.07) is 10.9. The second kappa shape index (κ2) is 6.69. The van der Waals surface area contributed by atoms with E-state index < -0.39 is 0 Å². The number of rotatable bonds is 5. The number of fused-ring (bicyclic) bond motifs is 1. The monoisotopic (exact) mass is 340 g/mol. The number of carbonyl (C=O) groups excluding carboxylic acids is 1. The third-order valence-electron chi connectivity index (χ3n) is 5.18. The predicted octanol–water partition coefficient (Wildman–Crippen LogP) is 4.26. The van der Waals surface area contributed by atoms with E-state index in [2.05, 4.69) is 40.7 Å². The molecule has 0 radical (unpaired) electrons. The average Bonchev–Trinajstić information content (AvgIpc) is 3.31. The molecule has 24 heavy (non-hydrogen) atoms. The zero-order valence-corrected chi connectivity index (χ0v) is 14.9. The predicted molar refractivity (Wildman–Crippen MR) is 99.5 cm³/mol. The van der Waals surface area contributed by atoms with Crippen molar-refractivity contribution in [1.82, 2.24) is 4.90 Å². The lowest BCUT2D eigenvalue weighted by molar-refractivity contribution is -0.118. The SMILES string of the molecule is CCc1ccc(NC(=O)CN2CCc3sccc3[C@@H]2C2CC2)cc1. The van der Waals surface area contributed by atoms with E-state index >= 15 is 0 Å². The Kier molecular flexibility index (Phi) is 4.42. The molecule has 0 saturated heterocycles. The number of anilines is 1. The molecule has 1 aromatic carbocycles. The van der Waals surface area contributed by atoms with Crippen LogP contribution in [0.3, 0.4) is 0 Å². The Morgan fingerprint density at radius 3 is 2.75 bits per heavy atom. The lowest BCUT2D eigenvalue weighted by Gasteiger charge is -2.35. The highest BCUT2D eigenvalue weighted by atomic mass is 32.1. The van der Waals surface area contributed by atoms with Crippen molar-refractivity contribution in [3.63, 3.8) is 0 Å². The van der Waals surface area contributed by atoms with Gasteiger partial charge in [-0.05, 0) is 66.3 Å². The van der Waals surface area contributed by atoms with E-state index in [1.165, 1.54) is 28.8 Å².